The zero-order valence-corrected chi connectivity index (χ0v) is 22.3. The van der Waals surface area contributed by atoms with Gasteiger partial charge in [-0.05, 0) is 84.7 Å². The van der Waals surface area contributed by atoms with Crippen LogP contribution in [0.15, 0.2) is 53.1 Å². The molecule has 0 unspecified atom stereocenters. The number of anilines is 1. The van der Waals surface area contributed by atoms with Crippen molar-refractivity contribution in [1.82, 2.24) is 15.6 Å². The third kappa shape index (κ3) is 6.92. The molecule has 1 heterocycles. The van der Waals surface area contributed by atoms with Gasteiger partial charge in [0.05, 0.1) is 17.7 Å². The number of carbonyl (C=O) groups is 1. The van der Waals surface area contributed by atoms with Crippen LogP contribution in [0.5, 0.6) is 0 Å². The van der Waals surface area contributed by atoms with Crippen LogP contribution in [-0.4, -0.2) is 41.9 Å². The number of nitrogens with two attached hydrogens (primary N) is 1. The Bertz CT molecular complexity index is 1260. The number of pyridine rings is 1. The van der Waals surface area contributed by atoms with Crippen LogP contribution in [0.4, 0.5) is 19.0 Å². The number of carbonyl (C=O) groups excluding carboxylic acids is 1. The number of amides is 1. The molecular weight excluding hydrogens is 561 g/mol. The van der Waals surface area contributed by atoms with Gasteiger partial charge in [-0.25, -0.2) is 18.2 Å². The minimum atomic E-state index is -0.749. The predicted octanol–water partition coefficient (Wildman–Crippen LogP) is 5.42. The maximum atomic E-state index is 15.2. The van der Waals surface area contributed by atoms with E-state index in [0.29, 0.717) is 21.2 Å². The number of nitrogens with one attached hydrogen (secondary N) is 2. The highest BCUT2D eigenvalue weighted by molar-refractivity contribution is 9.10. The van der Waals surface area contributed by atoms with Crippen LogP contribution in [0.3, 0.4) is 0 Å². The zero-order chi connectivity index (χ0) is 27.2. The van der Waals surface area contributed by atoms with Gasteiger partial charge in [0.25, 0.3) is 5.91 Å². The van der Waals surface area contributed by atoms with Crippen LogP contribution in [0, 0.1) is 11.6 Å². The number of rotatable bonds is 9. The smallest absolute Gasteiger partial charge is 0.254 e. The number of nitrogens with zero attached hydrogens (tertiary/aromatic N) is 1. The largest absolute Gasteiger partial charge is 0.393 e. The van der Waals surface area contributed by atoms with E-state index in [9.17, 15) is 18.7 Å². The summed E-state index contributed by atoms with van der Waals surface area (Å²) in [5.74, 6) is -1.46. The molecule has 1 fully saturated rings. The first kappa shape index (κ1) is 28.1. The zero-order valence-electron chi connectivity index (χ0n) is 20.7. The lowest BCUT2D eigenvalue weighted by molar-refractivity contribution is 0.0932. The summed E-state index contributed by atoms with van der Waals surface area (Å²) in [7, 11) is 0. The van der Waals surface area contributed by atoms with E-state index in [-0.39, 0.29) is 36.5 Å². The van der Waals surface area contributed by atoms with E-state index in [1.807, 2.05) is 6.07 Å². The SMILES string of the molecule is Nc1ncc([C@H]2CC[C@H](O)CC2)cc1-c1ccc(C(=O)N[C@H](CNCCF)c2cc(F)cc(Br)c2)c(F)c1. The van der Waals surface area contributed by atoms with Gasteiger partial charge in [-0.2, -0.15) is 0 Å². The van der Waals surface area contributed by atoms with Crippen molar-refractivity contribution < 1.29 is 23.1 Å². The van der Waals surface area contributed by atoms with Crippen LogP contribution < -0.4 is 16.4 Å². The summed E-state index contributed by atoms with van der Waals surface area (Å²) in [6.45, 7) is -0.425. The molecule has 10 heteroatoms. The maximum Gasteiger partial charge on any atom is 0.254 e. The predicted molar refractivity (Wildman–Crippen MR) is 144 cm³/mol. The number of hydrogen-bond donors (Lipinski definition) is 4. The van der Waals surface area contributed by atoms with E-state index in [4.69, 9.17) is 5.73 Å². The van der Waals surface area contributed by atoms with E-state index in [1.54, 1.807) is 18.3 Å². The van der Waals surface area contributed by atoms with Crippen LogP contribution in [-0.2, 0) is 0 Å². The molecule has 1 saturated carbocycles. The van der Waals surface area contributed by atoms with Crippen molar-refractivity contribution in [3.05, 3.63) is 81.5 Å². The molecule has 202 valence electrons. The molecule has 6 nitrogen and oxygen atoms in total. The van der Waals surface area contributed by atoms with Gasteiger partial charge in [0, 0.05) is 29.3 Å². The van der Waals surface area contributed by atoms with Crippen molar-refractivity contribution >= 4 is 27.7 Å². The monoisotopic (exact) mass is 590 g/mol. The molecule has 1 aliphatic rings. The second-order valence-electron chi connectivity index (χ2n) is 9.52. The van der Waals surface area contributed by atoms with Crippen LogP contribution in [0.1, 0.15) is 59.1 Å². The number of benzene rings is 2. The minimum Gasteiger partial charge on any atom is -0.393 e. The van der Waals surface area contributed by atoms with Crippen molar-refractivity contribution in [2.45, 2.75) is 43.7 Å². The third-order valence-electron chi connectivity index (χ3n) is 6.84. The summed E-state index contributed by atoms with van der Waals surface area (Å²) in [5, 5.41) is 15.4. The normalized spacial score (nSPS) is 18.2. The molecule has 1 aromatic heterocycles. The molecule has 3 aromatic rings. The lowest BCUT2D eigenvalue weighted by Crippen LogP contribution is -2.36. The van der Waals surface area contributed by atoms with Crippen LogP contribution >= 0.6 is 15.9 Å². The molecule has 0 bridgehead atoms. The fourth-order valence-electron chi connectivity index (χ4n) is 4.80. The van der Waals surface area contributed by atoms with E-state index in [2.05, 4.69) is 31.5 Å². The van der Waals surface area contributed by atoms with Gasteiger partial charge in [-0.15, -0.1) is 0 Å². The van der Waals surface area contributed by atoms with Crippen molar-refractivity contribution in [2.75, 3.05) is 25.5 Å². The van der Waals surface area contributed by atoms with Crippen LogP contribution in [0.25, 0.3) is 11.1 Å². The Balaban J connectivity index is 1.55. The lowest BCUT2D eigenvalue weighted by Gasteiger charge is -2.26. The van der Waals surface area contributed by atoms with E-state index < -0.39 is 30.3 Å². The van der Waals surface area contributed by atoms with Gasteiger partial charge >= 0.3 is 0 Å². The quantitative estimate of drug-likeness (QED) is 0.249. The number of aromatic nitrogens is 1. The Morgan fingerprint density at radius 1 is 1.13 bits per heavy atom. The Hall–Kier alpha value is -2.95. The molecule has 0 saturated heterocycles. The Labute approximate surface area is 228 Å². The fraction of sp³-hybridized carbons (Fsp3) is 0.357. The van der Waals surface area contributed by atoms with Gasteiger partial charge in [-0.1, -0.05) is 22.0 Å². The number of aliphatic hydroxyl groups is 1. The van der Waals surface area contributed by atoms with E-state index in [1.165, 1.54) is 24.3 Å². The summed E-state index contributed by atoms with van der Waals surface area (Å²) in [5.41, 5.74) is 8.40. The average molecular weight is 591 g/mol. The Kier molecular flexibility index (Phi) is 9.40. The lowest BCUT2D eigenvalue weighted by atomic mass is 9.83. The highest BCUT2D eigenvalue weighted by Crippen LogP contribution is 2.36. The van der Waals surface area contributed by atoms with Crippen molar-refractivity contribution in [1.29, 1.82) is 0 Å². The molecule has 5 N–H and O–H groups in total. The van der Waals surface area contributed by atoms with Gasteiger partial charge in [0.15, 0.2) is 0 Å². The summed E-state index contributed by atoms with van der Waals surface area (Å²) in [6, 6.07) is 9.57. The number of nitrogen functional groups attached to an aromatic ring is 1. The van der Waals surface area contributed by atoms with Crippen molar-refractivity contribution in [3.8, 4) is 11.1 Å². The van der Waals surface area contributed by atoms with Crippen molar-refractivity contribution in [2.24, 2.45) is 0 Å². The number of alkyl halides is 1. The molecule has 4 rings (SSSR count). The molecule has 0 aliphatic heterocycles. The number of aliphatic hydroxyl groups excluding tert-OH is 1. The van der Waals surface area contributed by atoms with Crippen molar-refractivity contribution in [3.63, 3.8) is 0 Å². The average Bonchev–Trinajstić information content (AvgIpc) is 2.88. The molecule has 1 atom stereocenters. The molecule has 1 aliphatic carbocycles. The highest BCUT2D eigenvalue weighted by atomic mass is 79.9. The first-order chi connectivity index (χ1) is 18.2. The third-order valence-corrected chi connectivity index (χ3v) is 7.30. The molecule has 0 spiro atoms. The Morgan fingerprint density at radius 3 is 2.58 bits per heavy atom. The van der Waals surface area contributed by atoms with Gasteiger partial charge < -0.3 is 21.5 Å². The second-order valence-corrected chi connectivity index (χ2v) is 10.4. The first-order valence-corrected chi connectivity index (χ1v) is 13.3. The maximum absolute atomic E-state index is 15.2. The topological polar surface area (TPSA) is 100 Å². The molecule has 38 heavy (non-hydrogen) atoms. The summed E-state index contributed by atoms with van der Waals surface area (Å²) in [6.07, 6.45) is 4.56. The molecule has 0 radical (unpaired) electrons. The molecule has 2 aromatic carbocycles. The minimum absolute atomic E-state index is 0.0574. The fourth-order valence-corrected chi connectivity index (χ4v) is 5.28. The number of halogens is 4. The number of hydrogen-bond acceptors (Lipinski definition) is 5. The summed E-state index contributed by atoms with van der Waals surface area (Å²) >= 11 is 3.24. The Morgan fingerprint density at radius 2 is 1.89 bits per heavy atom. The van der Waals surface area contributed by atoms with Gasteiger partial charge in [0.1, 0.15) is 24.1 Å². The second kappa shape index (κ2) is 12.7. The van der Waals surface area contributed by atoms with Gasteiger partial charge in [0.2, 0.25) is 0 Å². The van der Waals surface area contributed by atoms with Crippen LogP contribution in [0.2, 0.25) is 0 Å². The van der Waals surface area contributed by atoms with E-state index in [0.717, 1.165) is 31.2 Å². The van der Waals surface area contributed by atoms with E-state index >= 15 is 4.39 Å². The van der Waals surface area contributed by atoms with Gasteiger partial charge in [-0.3, -0.25) is 4.79 Å². The standard InChI is InChI=1S/C28H30BrF3N4O2/c29-20-9-18(10-21(31)13-20)26(15-34-8-7-30)36-28(38)23-6-3-17(12-25(23)32)24-11-19(14-35-27(24)33)16-1-4-22(37)5-2-16/h3,6,9-14,16,22,26,34,37H,1-2,4-5,7-8,15H2,(H2,33,35)(H,36,38)/t16-,22-,26-/m1/s1. The summed E-state index contributed by atoms with van der Waals surface area (Å²) in [4.78, 5) is 17.3. The summed E-state index contributed by atoms with van der Waals surface area (Å²) < 4.78 is 42.3. The first-order valence-electron chi connectivity index (χ1n) is 12.5. The molecular formula is C28H30BrF3N4O2. The molecule has 1 amide bonds. The highest BCUT2D eigenvalue weighted by Gasteiger charge is 2.23.